The van der Waals surface area contributed by atoms with E-state index < -0.39 is 0 Å². The van der Waals surface area contributed by atoms with Gasteiger partial charge in [0.1, 0.15) is 11.8 Å². The fourth-order valence-corrected chi connectivity index (χ4v) is 3.74. The molecule has 0 fully saturated rings. The molecular weight excluding hydrogens is 394 g/mol. The van der Waals surface area contributed by atoms with Crippen molar-refractivity contribution in [2.75, 3.05) is 11.9 Å². The summed E-state index contributed by atoms with van der Waals surface area (Å²) in [7, 11) is 0. The molecule has 3 aromatic carbocycles. The lowest BCUT2D eigenvalue weighted by Gasteiger charge is -2.12. The summed E-state index contributed by atoms with van der Waals surface area (Å²) >= 11 is 1.39. The van der Waals surface area contributed by atoms with Crippen molar-refractivity contribution in [3.05, 3.63) is 83.9 Å². The molecule has 0 unspecified atom stereocenters. The first-order valence-electron chi connectivity index (χ1n) is 9.38. The minimum absolute atomic E-state index is 0.242. The van der Waals surface area contributed by atoms with Crippen molar-refractivity contribution in [3.63, 3.8) is 0 Å². The molecule has 0 spiro atoms. The topological polar surface area (TPSA) is 85.9 Å². The second kappa shape index (κ2) is 10.7. The van der Waals surface area contributed by atoms with Gasteiger partial charge < -0.3 is 10.1 Å². The molecule has 0 saturated heterocycles. The number of nitrogens with one attached hydrogen (secondary N) is 1. The normalized spacial score (nSPS) is 9.93. The Morgan fingerprint density at radius 1 is 0.967 bits per heavy atom. The van der Waals surface area contributed by atoms with Gasteiger partial charge in [-0.2, -0.15) is 10.5 Å². The number of rotatable bonds is 8. The van der Waals surface area contributed by atoms with Crippen LogP contribution in [0.2, 0.25) is 0 Å². The molecule has 5 nitrogen and oxygen atoms in total. The second-order valence-electron chi connectivity index (χ2n) is 6.30. The van der Waals surface area contributed by atoms with Gasteiger partial charge in [-0.3, -0.25) is 4.79 Å². The standard InChI is InChI=1S/C24H19N3O2S/c25-14-5-6-15-29-20-10-7-9-19(16-20)27-24(28)21-11-2-4-13-23(21)30-22-12-3-1-8-18(22)17-26/h1-4,7-13,16H,5-6,15H2,(H,27,28). The van der Waals surface area contributed by atoms with Gasteiger partial charge in [-0.15, -0.1) is 0 Å². The number of nitriles is 2. The van der Waals surface area contributed by atoms with Gasteiger partial charge in [-0.1, -0.05) is 42.1 Å². The fourth-order valence-electron chi connectivity index (χ4n) is 2.71. The van der Waals surface area contributed by atoms with Gasteiger partial charge in [0.2, 0.25) is 0 Å². The van der Waals surface area contributed by atoms with E-state index in [-0.39, 0.29) is 5.91 Å². The monoisotopic (exact) mass is 413 g/mol. The number of hydrogen-bond acceptors (Lipinski definition) is 5. The SMILES string of the molecule is N#CCCCOc1cccc(NC(=O)c2ccccc2Sc2ccccc2C#N)c1. The lowest BCUT2D eigenvalue weighted by atomic mass is 10.2. The number of unbranched alkanes of at least 4 members (excludes halogenated alkanes) is 1. The Bertz CT molecular complexity index is 1120. The van der Waals surface area contributed by atoms with E-state index in [2.05, 4.69) is 17.5 Å². The summed E-state index contributed by atoms with van der Waals surface area (Å²) in [5, 5.41) is 20.8. The molecule has 0 radical (unpaired) electrons. The summed E-state index contributed by atoms with van der Waals surface area (Å²) in [4.78, 5) is 14.5. The summed E-state index contributed by atoms with van der Waals surface area (Å²) in [5.41, 5.74) is 1.71. The number of benzene rings is 3. The van der Waals surface area contributed by atoms with E-state index in [1.807, 2.05) is 42.5 Å². The Morgan fingerprint density at radius 2 is 1.73 bits per heavy atom. The van der Waals surface area contributed by atoms with Crippen LogP contribution in [-0.2, 0) is 0 Å². The molecule has 3 rings (SSSR count). The second-order valence-corrected chi connectivity index (χ2v) is 7.38. The number of hydrogen-bond donors (Lipinski definition) is 1. The van der Waals surface area contributed by atoms with Crippen LogP contribution in [-0.4, -0.2) is 12.5 Å². The van der Waals surface area contributed by atoms with E-state index in [0.717, 1.165) is 9.79 Å². The van der Waals surface area contributed by atoms with E-state index in [4.69, 9.17) is 10.00 Å². The minimum atomic E-state index is -0.242. The molecule has 0 aliphatic carbocycles. The van der Waals surface area contributed by atoms with Crippen LogP contribution in [0.25, 0.3) is 0 Å². The molecule has 30 heavy (non-hydrogen) atoms. The molecule has 0 atom stereocenters. The molecule has 148 valence electrons. The molecule has 0 aliphatic heterocycles. The highest BCUT2D eigenvalue weighted by molar-refractivity contribution is 7.99. The number of carbonyl (C=O) groups excluding carboxylic acids is 1. The molecule has 6 heteroatoms. The van der Waals surface area contributed by atoms with Crippen LogP contribution in [0.15, 0.2) is 82.6 Å². The number of anilines is 1. The molecule has 0 aromatic heterocycles. The Labute approximate surface area is 179 Å². The van der Waals surface area contributed by atoms with Crippen LogP contribution in [0.1, 0.15) is 28.8 Å². The largest absolute Gasteiger partial charge is 0.493 e. The van der Waals surface area contributed by atoms with E-state index in [0.29, 0.717) is 42.0 Å². The zero-order valence-corrected chi connectivity index (χ0v) is 17.0. The molecule has 0 aliphatic rings. The van der Waals surface area contributed by atoms with Gasteiger partial charge in [0.25, 0.3) is 5.91 Å². The van der Waals surface area contributed by atoms with Crippen LogP contribution in [0.3, 0.4) is 0 Å². The van der Waals surface area contributed by atoms with Crippen LogP contribution in [0.4, 0.5) is 5.69 Å². The van der Waals surface area contributed by atoms with Crippen molar-refractivity contribution in [1.82, 2.24) is 0 Å². The average Bonchev–Trinajstić information content (AvgIpc) is 2.78. The predicted octanol–water partition coefficient (Wildman–Crippen LogP) is 5.64. The van der Waals surface area contributed by atoms with E-state index in [1.54, 1.807) is 30.3 Å². The van der Waals surface area contributed by atoms with Gasteiger partial charge >= 0.3 is 0 Å². The summed E-state index contributed by atoms with van der Waals surface area (Å²) in [6.45, 7) is 0.447. The molecule has 3 aromatic rings. The number of ether oxygens (including phenoxy) is 1. The summed E-state index contributed by atoms with van der Waals surface area (Å²) < 4.78 is 5.63. The summed E-state index contributed by atoms with van der Waals surface area (Å²) in [6.07, 6.45) is 1.10. The maximum absolute atomic E-state index is 12.9. The molecule has 1 N–H and O–H groups in total. The van der Waals surface area contributed by atoms with Crippen molar-refractivity contribution in [3.8, 4) is 17.9 Å². The van der Waals surface area contributed by atoms with Crippen molar-refractivity contribution in [1.29, 1.82) is 10.5 Å². The molecule has 0 heterocycles. The van der Waals surface area contributed by atoms with E-state index in [1.165, 1.54) is 11.8 Å². The zero-order chi connectivity index (χ0) is 21.2. The lowest BCUT2D eigenvalue weighted by Crippen LogP contribution is -2.13. The van der Waals surface area contributed by atoms with Gasteiger partial charge in [0, 0.05) is 28.0 Å². The number of nitrogens with zero attached hydrogens (tertiary/aromatic N) is 2. The minimum Gasteiger partial charge on any atom is -0.493 e. The van der Waals surface area contributed by atoms with Crippen LogP contribution < -0.4 is 10.1 Å². The van der Waals surface area contributed by atoms with Crippen LogP contribution in [0, 0.1) is 22.7 Å². The van der Waals surface area contributed by atoms with Crippen molar-refractivity contribution in [2.45, 2.75) is 22.6 Å². The summed E-state index contributed by atoms with van der Waals surface area (Å²) in [5.74, 6) is 0.394. The Balaban J connectivity index is 1.74. The van der Waals surface area contributed by atoms with E-state index >= 15 is 0 Å². The first-order chi connectivity index (χ1) is 14.7. The average molecular weight is 414 g/mol. The van der Waals surface area contributed by atoms with Gasteiger partial charge in [0.15, 0.2) is 0 Å². The fraction of sp³-hybridized carbons (Fsp3) is 0.125. The van der Waals surface area contributed by atoms with Gasteiger partial charge in [0.05, 0.1) is 23.8 Å². The Morgan fingerprint density at radius 3 is 2.53 bits per heavy atom. The number of amides is 1. The van der Waals surface area contributed by atoms with Crippen molar-refractivity contribution >= 4 is 23.4 Å². The zero-order valence-electron chi connectivity index (χ0n) is 16.2. The van der Waals surface area contributed by atoms with Gasteiger partial charge in [-0.25, -0.2) is 0 Å². The van der Waals surface area contributed by atoms with E-state index in [9.17, 15) is 10.1 Å². The highest BCUT2D eigenvalue weighted by atomic mass is 32.2. The third kappa shape index (κ3) is 5.64. The number of carbonyl (C=O) groups is 1. The third-order valence-corrected chi connectivity index (χ3v) is 5.30. The quantitative estimate of drug-likeness (QED) is 0.483. The molecule has 0 bridgehead atoms. The maximum atomic E-state index is 12.9. The van der Waals surface area contributed by atoms with Crippen LogP contribution in [0.5, 0.6) is 5.75 Å². The van der Waals surface area contributed by atoms with Crippen molar-refractivity contribution < 1.29 is 9.53 Å². The van der Waals surface area contributed by atoms with Crippen molar-refractivity contribution in [2.24, 2.45) is 0 Å². The predicted molar refractivity (Wildman–Crippen MR) is 116 cm³/mol. The highest BCUT2D eigenvalue weighted by Crippen LogP contribution is 2.33. The first kappa shape index (κ1) is 21.0. The smallest absolute Gasteiger partial charge is 0.256 e. The molecule has 0 saturated carbocycles. The molecule has 1 amide bonds. The van der Waals surface area contributed by atoms with Crippen LogP contribution >= 0.6 is 11.8 Å². The highest BCUT2D eigenvalue weighted by Gasteiger charge is 2.14. The first-order valence-corrected chi connectivity index (χ1v) is 10.2. The summed E-state index contributed by atoms with van der Waals surface area (Å²) in [6, 6.07) is 26.0. The Kier molecular flexibility index (Phi) is 7.49. The lowest BCUT2D eigenvalue weighted by molar-refractivity contribution is 0.102. The van der Waals surface area contributed by atoms with Gasteiger partial charge in [-0.05, 0) is 42.8 Å². The third-order valence-electron chi connectivity index (χ3n) is 4.15. The molecular formula is C24H19N3O2S. The maximum Gasteiger partial charge on any atom is 0.256 e. The Hall–Kier alpha value is -3.74.